The van der Waals surface area contributed by atoms with E-state index in [1.54, 1.807) is 73.0 Å². The van der Waals surface area contributed by atoms with Gasteiger partial charge in [-0.15, -0.1) is 0 Å². The Bertz CT molecular complexity index is 1730. The maximum Gasteiger partial charge on any atom is 0.161 e. The number of para-hydroxylation sites is 4. The number of hydrogen-bond donors (Lipinski definition) is 1. The average molecular weight is 703 g/mol. The maximum atomic E-state index is 9.62. The van der Waals surface area contributed by atoms with E-state index in [4.69, 9.17) is 42.6 Å². The molecule has 5 aromatic rings. The van der Waals surface area contributed by atoms with Crippen molar-refractivity contribution in [2.45, 2.75) is 34.7 Å². The van der Waals surface area contributed by atoms with Crippen LogP contribution in [0.1, 0.15) is 31.5 Å². The maximum absolute atomic E-state index is 9.62. The van der Waals surface area contributed by atoms with E-state index in [2.05, 4.69) is 0 Å². The van der Waals surface area contributed by atoms with Gasteiger partial charge >= 0.3 is 0 Å². The number of phenolic OH excluding ortho intramolecular Hbond substituents is 1. The largest absolute Gasteiger partial charge is 0.504 e. The van der Waals surface area contributed by atoms with Crippen LogP contribution in [0.3, 0.4) is 0 Å². The summed E-state index contributed by atoms with van der Waals surface area (Å²) in [4.78, 5) is 0. The summed E-state index contributed by atoms with van der Waals surface area (Å²) >= 11 is 0. The van der Waals surface area contributed by atoms with Crippen molar-refractivity contribution in [3.05, 3.63) is 120 Å². The quantitative estimate of drug-likeness (QED) is 0.114. The summed E-state index contributed by atoms with van der Waals surface area (Å²) < 4.78 is 49.2. The Labute approximate surface area is 302 Å². The van der Waals surface area contributed by atoms with Gasteiger partial charge in [-0.2, -0.15) is 0 Å². The van der Waals surface area contributed by atoms with Crippen molar-refractivity contribution in [3.63, 3.8) is 0 Å². The van der Waals surface area contributed by atoms with Crippen LogP contribution in [0, 0.1) is 0 Å². The molecule has 0 atom stereocenters. The first-order valence-electron chi connectivity index (χ1n) is 15.3. The highest BCUT2D eigenvalue weighted by molar-refractivity contribution is 5.45. The first kappa shape index (κ1) is 41.3. The van der Waals surface area contributed by atoms with E-state index in [0.717, 1.165) is 16.7 Å². The number of hydrogen-bond acceptors (Lipinski definition) is 10. The Hall–Kier alpha value is -5.90. The second-order valence-corrected chi connectivity index (χ2v) is 10.4. The van der Waals surface area contributed by atoms with Crippen molar-refractivity contribution >= 4 is 0 Å². The lowest BCUT2D eigenvalue weighted by Crippen LogP contribution is -2.01. The Morgan fingerprint density at radius 3 is 1.18 bits per heavy atom. The third-order valence-corrected chi connectivity index (χ3v) is 7.17. The minimum absolute atomic E-state index is 0. The predicted molar refractivity (Wildman–Crippen MR) is 200 cm³/mol. The molecule has 0 spiro atoms. The number of methoxy groups -OCH3 is 6. The molecule has 0 aromatic heterocycles. The molecule has 10 nitrogen and oxygen atoms in total. The van der Waals surface area contributed by atoms with Gasteiger partial charge in [0.1, 0.15) is 42.8 Å². The van der Waals surface area contributed by atoms with Gasteiger partial charge in [0.15, 0.2) is 34.5 Å². The van der Waals surface area contributed by atoms with Gasteiger partial charge in [-0.1, -0.05) is 45.2 Å². The lowest BCUT2D eigenvalue weighted by Gasteiger charge is -2.14. The van der Waals surface area contributed by atoms with Crippen LogP contribution >= 0.6 is 0 Å². The predicted octanol–water partition coefficient (Wildman–Crippen LogP) is 9.14. The molecule has 0 aliphatic carbocycles. The molecule has 5 aromatic carbocycles. The first-order chi connectivity index (χ1) is 23.9. The van der Waals surface area contributed by atoms with Crippen LogP contribution in [-0.4, -0.2) is 47.8 Å². The summed E-state index contributed by atoms with van der Waals surface area (Å²) in [5, 5.41) is 9.62. The van der Waals surface area contributed by atoms with Crippen LogP contribution < -0.4 is 42.6 Å². The Morgan fingerprint density at radius 1 is 0.373 bits per heavy atom. The summed E-state index contributed by atoms with van der Waals surface area (Å²) in [7, 11) is 9.66. The third-order valence-electron chi connectivity index (χ3n) is 7.17. The van der Waals surface area contributed by atoms with Crippen LogP contribution in [0.2, 0.25) is 0 Å². The fourth-order valence-electron chi connectivity index (χ4n) is 4.62. The Kier molecular flexibility index (Phi) is 17.2. The van der Waals surface area contributed by atoms with Gasteiger partial charge in [-0.25, -0.2) is 0 Å². The minimum Gasteiger partial charge on any atom is -0.504 e. The third kappa shape index (κ3) is 12.2. The molecular weight excluding hydrogens is 652 g/mol. The van der Waals surface area contributed by atoms with Crippen molar-refractivity contribution in [2.75, 3.05) is 42.7 Å². The lowest BCUT2D eigenvalue weighted by molar-refractivity contribution is 0.255. The van der Waals surface area contributed by atoms with E-state index in [1.165, 1.54) is 0 Å². The van der Waals surface area contributed by atoms with Crippen molar-refractivity contribution < 1.29 is 47.7 Å². The Morgan fingerprint density at radius 2 is 0.765 bits per heavy atom. The fourth-order valence-corrected chi connectivity index (χ4v) is 4.62. The zero-order chi connectivity index (χ0) is 35.0. The monoisotopic (exact) mass is 702 g/mol. The molecule has 0 bridgehead atoms. The summed E-state index contributed by atoms with van der Waals surface area (Å²) in [6.07, 6.45) is 0. The molecular formula is C41H50O10. The topological polar surface area (TPSA) is 103 Å². The van der Waals surface area contributed by atoms with E-state index >= 15 is 0 Å². The number of phenols is 1. The van der Waals surface area contributed by atoms with Gasteiger partial charge in [-0.3, -0.25) is 0 Å². The molecule has 0 fully saturated rings. The second-order valence-electron chi connectivity index (χ2n) is 10.4. The van der Waals surface area contributed by atoms with E-state index < -0.39 is 0 Å². The zero-order valence-corrected chi connectivity index (χ0v) is 28.6. The number of rotatable bonds is 15. The summed E-state index contributed by atoms with van der Waals surface area (Å²) in [6.45, 7) is 1.04. The van der Waals surface area contributed by atoms with E-state index in [1.807, 2.05) is 72.8 Å². The molecule has 0 radical (unpaired) electrons. The van der Waals surface area contributed by atoms with Crippen molar-refractivity contribution in [1.82, 2.24) is 0 Å². The van der Waals surface area contributed by atoms with Crippen LogP contribution in [0.4, 0.5) is 0 Å². The van der Waals surface area contributed by atoms with Gasteiger partial charge in [0.25, 0.3) is 0 Å². The smallest absolute Gasteiger partial charge is 0.161 e. The molecule has 0 unspecified atom stereocenters. The molecule has 0 amide bonds. The average Bonchev–Trinajstić information content (AvgIpc) is 3.15. The van der Waals surface area contributed by atoms with E-state index in [9.17, 15) is 5.11 Å². The number of aromatic hydroxyl groups is 1. The molecule has 0 aliphatic heterocycles. The molecule has 5 rings (SSSR count). The van der Waals surface area contributed by atoms with Crippen molar-refractivity contribution in [1.29, 1.82) is 0 Å². The molecule has 0 saturated carbocycles. The van der Waals surface area contributed by atoms with E-state index in [0.29, 0.717) is 71.6 Å². The molecule has 10 heteroatoms. The summed E-state index contributed by atoms with van der Waals surface area (Å²) in [5.74, 6) is 6.06. The number of ether oxygens (including phenoxy) is 9. The van der Waals surface area contributed by atoms with Crippen molar-refractivity contribution in [2.24, 2.45) is 0 Å². The fraction of sp³-hybridized carbons (Fsp3) is 0.268. The van der Waals surface area contributed by atoms with Gasteiger partial charge in [0.2, 0.25) is 0 Å². The Balaban J connectivity index is 0.000000372. The summed E-state index contributed by atoms with van der Waals surface area (Å²) in [6, 6.07) is 31.3. The van der Waals surface area contributed by atoms with Gasteiger partial charge in [0.05, 0.1) is 42.7 Å². The molecule has 0 aliphatic rings. The lowest BCUT2D eigenvalue weighted by atomic mass is 10.2. The molecule has 0 heterocycles. The minimum atomic E-state index is 0. The molecule has 1 N–H and O–H groups in total. The van der Waals surface area contributed by atoms with Crippen LogP contribution in [0.5, 0.6) is 57.5 Å². The van der Waals surface area contributed by atoms with Gasteiger partial charge < -0.3 is 47.7 Å². The summed E-state index contributed by atoms with van der Waals surface area (Å²) in [5.41, 5.74) is 2.79. The number of benzene rings is 5. The zero-order valence-electron chi connectivity index (χ0n) is 28.6. The van der Waals surface area contributed by atoms with Gasteiger partial charge in [-0.05, 0) is 77.4 Å². The second kappa shape index (κ2) is 21.2. The van der Waals surface area contributed by atoms with E-state index in [-0.39, 0.29) is 20.6 Å². The van der Waals surface area contributed by atoms with Crippen LogP contribution in [-0.2, 0) is 19.8 Å². The molecule has 51 heavy (non-hydrogen) atoms. The van der Waals surface area contributed by atoms with Crippen molar-refractivity contribution in [3.8, 4) is 57.5 Å². The normalized spacial score (nSPS) is 9.76. The standard InChI is InChI=1S/C24H26O6.C15H16O4.2CH4/c1-25-19-11-18(12-20(14-19)26-2)16-30-23-8-6-5-7-22(23)29-15-17-9-10-21(27-3)24(13-17)28-4;1-17-12-7-11(8-13(9-12)18-2)10-19-15-6-4-3-5-14(15)16;;/h5-14H,15-16H2,1-4H3;3-9,16H,10H2,1-2H3;2*1H4. The highest BCUT2D eigenvalue weighted by atomic mass is 16.5. The SMILES string of the molecule is C.C.COc1cc(COc2ccccc2O)cc(OC)c1.COc1cc(COc2ccccc2OCc2ccc(OC)c(OC)c2)cc(OC)c1. The first-order valence-corrected chi connectivity index (χ1v) is 15.3. The highest BCUT2D eigenvalue weighted by Crippen LogP contribution is 2.32. The van der Waals surface area contributed by atoms with Crippen LogP contribution in [0.25, 0.3) is 0 Å². The molecule has 0 saturated heterocycles. The highest BCUT2D eigenvalue weighted by Gasteiger charge is 2.10. The van der Waals surface area contributed by atoms with Gasteiger partial charge in [0, 0.05) is 12.1 Å². The van der Waals surface area contributed by atoms with Crippen LogP contribution in [0.15, 0.2) is 103 Å². The molecule has 274 valence electrons.